The number of morpholine rings is 1. The van der Waals surface area contributed by atoms with Gasteiger partial charge in [0.2, 0.25) is 0 Å². The predicted molar refractivity (Wildman–Crippen MR) is 99.1 cm³/mol. The summed E-state index contributed by atoms with van der Waals surface area (Å²) in [5, 5.41) is 12.9. The zero-order valence-electron chi connectivity index (χ0n) is 14.2. The molecule has 138 valence electrons. The van der Waals surface area contributed by atoms with Gasteiger partial charge in [-0.1, -0.05) is 11.6 Å². The van der Waals surface area contributed by atoms with E-state index in [9.17, 15) is 9.90 Å². The van der Waals surface area contributed by atoms with Gasteiger partial charge < -0.3 is 20.9 Å². The number of carbonyl (C=O) groups is 1. The van der Waals surface area contributed by atoms with Crippen LogP contribution < -0.4 is 11.1 Å². The number of nitrogens with two attached hydrogens (primary N) is 1. The molecule has 1 unspecified atom stereocenters. The van der Waals surface area contributed by atoms with E-state index in [1.807, 2.05) is 12.1 Å². The number of ether oxygens (including phenoxy) is 1. The number of aromatic nitrogens is 1. The molecular formula is C18H21ClN4O3. The van der Waals surface area contributed by atoms with Crippen molar-refractivity contribution in [2.24, 2.45) is 0 Å². The predicted octanol–water partition coefficient (Wildman–Crippen LogP) is 1.65. The summed E-state index contributed by atoms with van der Waals surface area (Å²) in [6.07, 6.45) is 3.43. The van der Waals surface area contributed by atoms with E-state index in [2.05, 4.69) is 15.2 Å². The van der Waals surface area contributed by atoms with Crippen molar-refractivity contribution in [1.82, 2.24) is 15.2 Å². The number of nitrogen functional groups attached to an aromatic ring is 1. The third kappa shape index (κ3) is 4.63. The molecule has 1 aliphatic heterocycles. The van der Waals surface area contributed by atoms with Crippen LogP contribution in [0.3, 0.4) is 0 Å². The molecule has 1 saturated heterocycles. The Kier molecular flexibility index (Phi) is 5.92. The van der Waals surface area contributed by atoms with Crippen molar-refractivity contribution in [2.75, 3.05) is 32.0 Å². The number of anilines is 1. The molecule has 1 aliphatic rings. The Labute approximate surface area is 156 Å². The maximum Gasteiger partial charge on any atom is 0.255 e. The Morgan fingerprint density at radius 1 is 1.42 bits per heavy atom. The van der Waals surface area contributed by atoms with E-state index in [4.69, 9.17) is 22.1 Å². The van der Waals surface area contributed by atoms with Crippen molar-refractivity contribution < 1.29 is 14.6 Å². The van der Waals surface area contributed by atoms with Gasteiger partial charge in [0.25, 0.3) is 5.91 Å². The number of amides is 1. The lowest BCUT2D eigenvalue weighted by Gasteiger charge is -2.33. The van der Waals surface area contributed by atoms with Crippen molar-refractivity contribution in [1.29, 1.82) is 0 Å². The molecule has 3 rings (SSSR count). The molecule has 1 amide bonds. The first-order chi connectivity index (χ1) is 12.5. The van der Waals surface area contributed by atoms with Crippen LogP contribution in [0, 0.1) is 0 Å². The Morgan fingerprint density at radius 2 is 2.19 bits per heavy atom. The minimum Gasteiger partial charge on any atom is -0.507 e. The fourth-order valence-electron chi connectivity index (χ4n) is 2.86. The van der Waals surface area contributed by atoms with E-state index in [-0.39, 0.29) is 28.1 Å². The molecule has 1 aromatic carbocycles. The smallest absolute Gasteiger partial charge is 0.255 e. The van der Waals surface area contributed by atoms with Crippen LogP contribution in [0.5, 0.6) is 5.75 Å². The maximum atomic E-state index is 12.3. The first kappa shape index (κ1) is 18.4. The number of benzene rings is 1. The van der Waals surface area contributed by atoms with E-state index in [0.29, 0.717) is 19.7 Å². The monoisotopic (exact) mass is 376 g/mol. The Hall–Kier alpha value is -2.35. The van der Waals surface area contributed by atoms with Gasteiger partial charge in [0, 0.05) is 44.6 Å². The van der Waals surface area contributed by atoms with Crippen molar-refractivity contribution in [3.8, 4) is 5.75 Å². The quantitative estimate of drug-likeness (QED) is 0.686. The summed E-state index contributed by atoms with van der Waals surface area (Å²) < 4.78 is 5.73. The number of pyridine rings is 1. The number of hydrogen-bond donors (Lipinski definition) is 3. The number of halogens is 1. The number of phenols is 1. The fraction of sp³-hybridized carbons (Fsp3) is 0.333. The summed E-state index contributed by atoms with van der Waals surface area (Å²) in [7, 11) is 0. The molecule has 4 N–H and O–H groups in total. The van der Waals surface area contributed by atoms with Gasteiger partial charge in [-0.25, -0.2) is 0 Å². The Balaban J connectivity index is 1.54. The highest BCUT2D eigenvalue weighted by atomic mass is 35.5. The van der Waals surface area contributed by atoms with Gasteiger partial charge in [0.15, 0.2) is 0 Å². The highest BCUT2D eigenvalue weighted by molar-refractivity contribution is 6.33. The fourth-order valence-corrected chi connectivity index (χ4v) is 3.02. The van der Waals surface area contributed by atoms with Gasteiger partial charge in [-0.05, 0) is 23.8 Å². The second-order valence-electron chi connectivity index (χ2n) is 6.18. The van der Waals surface area contributed by atoms with Gasteiger partial charge in [-0.2, -0.15) is 0 Å². The normalized spacial score (nSPS) is 17.8. The average Bonchev–Trinajstić information content (AvgIpc) is 2.64. The molecule has 0 saturated carbocycles. The number of nitrogens with one attached hydrogen (secondary N) is 1. The molecule has 0 spiro atoms. The first-order valence-corrected chi connectivity index (χ1v) is 8.70. The minimum atomic E-state index is -0.417. The zero-order chi connectivity index (χ0) is 18.5. The van der Waals surface area contributed by atoms with Gasteiger partial charge in [-0.15, -0.1) is 0 Å². The van der Waals surface area contributed by atoms with Gasteiger partial charge in [0.1, 0.15) is 5.75 Å². The highest BCUT2D eigenvalue weighted by Crippen LogP contribution is 2.27. The molecule has 8 heteroatoms. The molecule has 2 aromatic rings. The highest BCUT2D eigenvalue weighted by Gasteiger charge is 2.22. The van der Waals surface area contributed by atoms with E-state index in [1.165, 1.54) is 17.7 Å². The number of hydrogen-bond acceptors (Lipinski definition) is 6. The van der Waals surface area contributed by atoms with Crippen LogP contribution in [0.2, 0.25) is 5.02 Å². The van der Waals surface area contributed by atoms with Crippen LogP contribution in [-0.2, 0) is 11.3 Å². The lowest BCUT2D eigenvalue weighted by atomic mass is 10.1. The second-order valence-corrected chi connectivity index (χ2v) is 6.59. The Bertz CT molecular complexity index is 773. The molecule has 7 nitrogen and oxygen atoms in total. The van der Waals surface area contributed by atoms with E-state index in [0.717, 1.165) is 13.1 Å². The molecule has 0 aliphatic carbocycles. The zero-order valence-corrected chi connectivity index (χ0v) is 14.9. The van der Waals surface area contributed by atoms with Crippen LogP contribution in [-0.4, -0.2) is 53.2 Å². The number of carbonyl (C=O) groups excluding carboxylic acids is 1. The largest absolute Gasteiger partial charge is 0.507 e. The van der Waals surface area contributed by atoms with Crippen LogP contribution >= 0.6 is 11.6 Å². The first-order valence-electron chi connectivity index (χ1n) is 8.32. The Morgan fingerprint density at radius 3 is 2.96 bits per heavy atom. The molecule has 2 heterocycles. The summed E-state index contributed by atoms with van der Waals surface area (Å²) in [5.74, 6) is -0.618. The van der Waals surface area contributed by atoms with Crippen LogP contribution in [0.25, 0.3) is 0 Å². The number of rotatable bonds is 5. The summed E-state index contributed by atoms with van der Waals surface area (Å²) in [6.45, 7) is 3.29. The van der Waals surface area contributed by atoms with Crippen molar-refractivity contribution in [3.05, 3.63) is 52.8 Å². The topological polar surface area (TPSA) is 101 Å². The van der Waals surface area contributed by atoms with Crippen LogP contribution in [0.1, 0.15) is 15.9 Å². The SMILES string of the molecule is Nc1cc(O)c(C(=O)NCC2CN(Cc3ccncc3)CCO2)cc1Cl. The maximum absolute atomic E-state index is 12.3. The molecular weight excluding hydrogens is 356 g/mol. The van der Waals surface area contributed by atoms with Crippen molar-refractivity contribution in [3.63, 3.8) is 0 Å². The number of phenolic OH excluding ortho intramolecular Hbond substituents is 1. The molecule has 1 fully saturated rings. The van der Waals surface area contributed by atoms with Gasteiger partial charge in [-0.3, -0.25) is 14.7 Å². The summed E-state index contributed by atoms with van der Waals surface area (Å²) >= 11 is 5.92. The lowest BCUT2D eigenvalue weighted by molar-refractivity contribution is -0.0292. The molecule has 26 heavy (non-hydrogen) atoms. The van der Waals surface area contributed by atoms with E-state index >= 15 is 0 Å². The number of nitrogens with zero attached hydrogens (tertiary/aromatic N) is 2. The average molecular weight is 377 g/mol. The van der Waals surface area contributed by atoms with E-state index in [1.54, 1.807) is 12.4 Å². The van der Waals surface area contributed by atoms with Crippen LogP contribution in [0.15, 0.2) is 36.7 Å². The molecule has 0 radical (unpaired) electrons. The van der Waals surface area contributed by atoms with Crippen molar-refractivity contribution >= 4 is 23.2 Å². The van der Waals surface area contributed by atoms with Crippen LogP contribution in [0.4, 0.5) is 5.69 Å². The minimum absolute atomic E-state index is 0.0913. The molecule has 1 aromatic heterocycles. The van der Waals surface area contributed by atoms with E-state index < -0.39 is 5.91 Å². The number of aromatic hydroxyl groups is 1. The van der Waals surface area contributed by atoms with Gasteiger partial charge in [0.05, 0.1) is 29.0 Å². The summed E-state index contributed by atoms with van der Waals surface area (Å²) in [6, 6.07) is 6.60. The lowest BCUT2D eigenvalue weighted by Crippen LogP contribution is -2.47. The van der Waals surface area contributed by atoms with Gasteiger partial charge >= 0.3 is 0 Å². The summed E-state index contributed by atoms with van der Waals surface area (Å²) in [4.78, 5) is 18.6. The standard InChI is InChI=1S/C18H21ClN4O3/c19-15-7-14(17(24)8-16(15)20)18(25)22-9-13-11-23(5-6-26-13)10-12-1-3-21-4-2-12/h1-4,7-8,13,24H,5-6,9-11,20H2,(H,22,25). The third-order valence-electron chi connectivity index (χ3n) is 4.23. The third-order valence-corrected chi connectivity index (χ3v) is 4.56. The van der Waals surface area contributed by atoms with Crippen molar-refractivity contribution in [2.45, 2.75) is 12.6 Å². The molecule has 1 atom stereocenters. The summed E-state index contributed by atoms with van der Waals surface area (Å²) in [5.41, 5.74) is 7.11. The molecule has 0 bridgehead atoms. The second kappa shape index (κ2) is 8.35.